The van der Waals surface area contributed by atoms with E-state index < -0.39 is 0 Å². The van der Waals surface area contributed by atoms with Gasteiger partial charge in [-0.1, -0.05) is 56.2 Å². The van der Waals surface area contributed by atoms with E-state index >= 15 is 0 Å². The number of benzene rings is 2. The van der Waals surface area contributed by atoms with Crippen molar-refractivity contribution in [2.75, 3.05) is 6.54 Å². The molecule has 0 saturated heterocycles. The Kier molecular flexibility index (Phi) is 7.20. The van der Waals surface area contributed by atoms with E-state index in [1.807, 2.05) is 37.3 Å². The molecule has 0 aliphatic carbocycles. The van der Waals surface area contributed by atoms with E-state index in [-0.39, 0.29) is 17.9 Å². The summed E-state index contributed by atoms with van der Waals surface area (Å²) in [7, 11) is 0. The van der Waals surface area contributed by atoms with Crippen molar-refractivity contribution in [3.8, 4) is 0 Å². The molecule has 0 aromatic heterocycles. The van der Waals surface area contributed by atoms with Crippen molar-refractivity contribution in [2.45, 2.75) is 39.2 Å². The lowest BCUT2D eigenvalue weighted by atomic mass is 10.1. The van der Waals surface area contributed by atoms with E-state index in [0.29, 0.717) is 17.7 Å². The summed E-state index contributed by atoms with van der Waals surface area (Å²) >= 11 is 0. The molecule has 2 amide bonds. The first-order valence-corrected chi connectivity index (χ1v) is 8.86. The third kappa shape index (κ3) is 5.75. The second kappa shape index (κ2) is 9.62. The van der Waals surface area contributed by atoms with Crippen LogP contribution in [0.2, 0.25) is 0 Å². The van der Waals surface area contributed by atoms with Gasteiger partial charge in [0, 0.05) is 17.7 Å². The minimum Gasteiger partial charge on any atom is -0.352 e. The number of unbranched alkanes of at least 4 members (excludes halogenated alkanes) is 2. The highest BCUT2D eigenvalue weighted by molar-refractivity contribution is 5.99. The largest absolute Gasteiger partial charge is 0.352 e. The van der Waals surface area contributed by atoms with Gasteiger partial charge in [0.1, 0.15) is 0 Å². The van der Waals surface area contributed by atoms with Gasteiger partial charge in [-0.05, 0) is 37.1 Å². The fourth-order valence-electron chi connectivity index (χ4n) is 2.59. The van der Waals surface area contributed by atoms with Crippen molar-refractivity contribution in [1.82, 2.24) is 10.6 Å². The summed E-state index contributed by atoms with van der Waals surface area (Å²) in [6.07, 6.45) is 3.18. The van der Waals surface area contributed by atoms with Crippen LogP contribution in [0.4, 0.5) is 0 Å². The van der Waals surface area contributed by atoms with Gasteiger partial charge in [-0.25, -0.2) is 0 Å². The number of hydrogen-bond donors (Lipinski definition) is 2. The van der Waals surface area contributed by atoms with Crippen LogP contribution in [0.5, 0.6) is 0 Å². The zero-order valence-electron chi connectivity index (χ0n) is 14.9. The second-order valence-corrected chi connectivity index (χ2v) is 6.15. The molecule has 132 valence electrons. The van der Waals surface area contributed by atoms with E-state index in [4.69, 9.17) is 0 Å². The highest BCUT2D eigenvalue weighted by Crippen LogP contribution is 2.13. The quantitative estimate of drug-likeness (QED) is 0.712. The maximum absolute atomic E-state index is 12.5. The average molecular weight is 338 g/mol. The number of amides is 2. The molecule has 0 bridgehead atoms. The van der Waals surface area contributed by atoms with Gasteiger partial charge in [0.25, 0.3) is 11.8 Å². The van der Waals surface area contributed by atoms with E-state index in [9.17, 15) is 9.59 Å². The van der Waals surface area contributed by atoms with Gasteiger partial charge in [-0.2, -0.15) is 0 Å². The summed E-state index contributed by atoms with van der Waals surface area (Å²) in [5.74, 6) is -0.321. The van der Waals surface area contributed by atoms with Crippen LogP contribution >= 0.6 is 0 Å². The summed E-state index contributed by atoms with van der Waals surface area (Å²) in [4.78, 5) is 24.6. The minimum absolute atomic E-state index is 0.0970. The Labute approximate surface area is 149 Å². The van der Waals surface area contributed by atoms with Crippen molar-refractivity contribution in [3.63, 3.8) is 0 Å². The van der Waals surface area contributed by atoms with Crippen LogP contribution in [-0.4, -0.2) is 18.4 Å². The fourth-order valence-corrected chi connectivity index (χ4v) is 2.59. The van der Waals surface area contributed by atoms with Crippen LogP contribution in [0.25, 0.3) is 0 Å². The van der Waals surface area contributed by atoms with E-state index in [1.54, 1.807) is 24.3 Å². The lowest BCUT2D eigenvalue weighted by Gasteiger charge is -2.14. The fraction of sp³-hybridized carbons (Fsp3) is 0.333. The summed E-state index contributed by atoms with van der Waals surface area (Å²) in [6, 6.07) is 16.5. The molecular weight excluding hydrogens is 312 g/mol. The van der Waals surface area contributed by atoms with Crippen LogP contribution in [0, 0.1) is 0 Å². The van der Waals surface area contributed by atoms with Gasteiger partial charge in [0.2, 0.25) is 0 Å². The molecule has 1 unspecified atom stereocenters. The molecule has 2 N–H and O–H groups in total. The first kappa shape index (κ1) is 18.7. The average Bonchev–Trinajstić information content (AvgIpc) is 2.65. The molecule has 2 rings (SSSR count). The molecule has 1 atom stereocenters. The van der Waals surface area contributed by atoms with Gasteiger partial charge in [0.05, 0.1) is 6.04 Å². The van der Waals surface area contributed by atoms with Gasteiger partial charge in [-0.3, -0.25) is 9.59 Å². The molecule has 0 radical (unpaired) electrons. The van der Waals surface area contributed by atoms with Crippen molar-refractivity contribution >= 4 is 11.8 Å². The highest BCUT2D eigenvalue weighted by Gasteiger charge is 2.13. The Bertz CT molecular complexity index is 698. The topological polar surface area (TPSA) is 58.2 Å². The standard InChI is InChI=1S/C21H26N2O2/c1-3-4-8-14-22-20(24)18-12-9-13-19(15-18)21(25)23-16(2)17-10-6-5-7-11-17/h5-7,9-13,15-16H,3-4,8,14H2,1-2H3,(H,22,24)(H,23,25). The molecule has 0 aliphatic rings. The third-order valence-corrected chi connectivity index (χ3v) is 4.10. The molecule has 25 heavy (non-hydrogen) atoms. The van der Waals surface area contributed by atoms with Crippen molar-refractivity contribution in [3.05, 3.63) is 71.3 Å². The van der Waals surface area contributed by atoms with Gasteiger partial charge in [-0.15, -0.1) is 0 Å². The predicted molar refractivity (Wildman–Crippen MR) is 101 cm³/mol. The zero-order chi connectivity index (χ0) is 18.1. The Morgan fingerprint density at radius 2 is 1.60 bits per heavy atom. The maximum atomic E-state index is 12.5. The summed E-state index contributed by atoms with van der Waals surface area (Å²) < 4.78 is 0. The summed E-state index contributed by atoms with van der Waals surface area (Å²) in [5.41, 5.74) is 2.04. The lowest BCUT2D eigenvalue weighted by Crippen LogP contribution is -2.28. The first-order valence-electron chi connectivity index (χ1n) is 8.86. The number of carbonyl (C=O) groups is 2. The summed E-state index contributed by atoms with van der Waals surface area (Å²) in [6.45, 7) is 4.73. The predicted octanol–water partition coefficient (Wildman–Crippen LogP) is 4.10. The van der Waals surface area contributed by atoms with Crippen molar-refractivity contribution in [2.24, 2.45) is 0 Å². The molecule has 0 spiro atoms. The van der Waals surface area contributed by atoms with Gasteiger partial charge >= 0.3 is 0 Å². The normalized spacial score (nSPS) is 11.6. The first-order chi connectivity index (χ1) is 12.1. The van der Waals surface area contributed by atoms with Crippen molar-refractivity contribution < 1.29 is 9.59 Å². The molecule has 4 heteroatoms. The van der Waals surface area contributed by atoms with Crippen molar-refractivity contribution in [1.29, 1.82) is 0 Å². The Morgan fingerprint density at radius 3 is 2.28 bits per heavy atom. The molecule has 2 aromatic carbocycles. The molecule has 0 heterocycles. The molecule has 0 saturated carbocycles. The van der Waals surface area contributed by atoms with Crippen LogP contribution in [0.1, 0.15) is 65.4 Å². The van der Waals surface area contributed by atoms with Crippen LogP contribution < -0.4 is 10.6 Å². The van der Waals surface area contributed by atoms with Gasteiger partial charge in [0.15, 0.2) is 0 Å². The monoisotopic (exact) mass is 338 g/mol. The second-order valence-electron chi connectivity index (χ2n) is 6.15. The van der Waals surface area contributed by atoms with E-state index in [2.05, 4.69) is 17.6 Å². The number of carbonyl (C=O) groups excluding carboxylic acids is 2. The zero-order valence-corrected chi connectivity index (χ0v) is 14.9. The van der Waals surface area contributed by atoms with Crippen LogP contribution in [0.3, 0.4) is 0 Å². The highest BCUT2D eigenvalue weighted by atomic mass is 16.2. The molecule has 0 fully saturated rings. The third-order valence-electron chi connectivity index (χ3n) is 4.10. The number of hydrogen-bond acceptors (Lipinski definition) is 2. The van der Waals surface area contributed by atoms with Crippen LogP contribution in [0.15, 0.2) is 54.6 Å². The molecule has 2 aromatic rings. The Morgan fingerprint density at radius 1 is 0.920 bits per heavy atom. The van der Waals surface area contributed by atoms with Crippen LogP contribution in [-0.2, 0) is 0 Å². The minimum atomic E-state index is -0.183. The smallest absolute Gasteiger partial charge is 0.251 e. The molecular formula is C21H26N2O2. The SMILES string of the molecule is CCCCCNC(=O)c1cccc(C(=O)NC(C)c2ccccc2)c1. The number of nitrogens with one attached hydrogen (secondary N) is 2. The Hall–Kier alpha value is -2.62. The molecule has 0 aliphatic heterocycles. The Balaban J connectivity index is 1.97. The number of rotatable bonds is 8. The lowest BCUT2D eigenvalue weighted by molar-refractivity contribution is 0.0940. The van der Waals surface area contributed by atoms with Gasteiger partial charge < -0.3 is 10.6 Å². The van der Waals surface area contributed by atoms with E-state index in [1.165, 1.54) is 0 Å². The molecule has 4 nitrogen and oxygen atoms in total. The summed E-state index contributed by atoms with van der Waals surface area (Å²) in [5, 5.41) is 5.86. The maximum Gasteiger partial charge on any atom is 0.251 e. The van der Waals surface area contributed by atoms with E-state index in [0.717, 1.165) is 24.8 Å².